The molecule has 0 saturated carbocycles. The van der Waals surface area contributed by atoms with Gasteiger partial charge in [0.05, 0.1) is 17.1 Å². The Balaban J connectivity index is 1.57. The maximum Gasteiger partial charge on any atom is 0.309 e. The van der Waals surface area contributed by atoms with Crippen molar-refractivity contribution in [2.45, 2.75) is 25.3 Å². The molecule has 0 radical (unpaired) electrons. The van der Waals surface area contributed by atoms with Gasteiger partial charge in [0, 0.05) is 45.4 Å². The average molecular weight is 581 g/mol. The summed E-state index contributed by atoms with van der Waals surface area (Å²) in [5, 5.41) is 2.04. The molecule has 1 amide bonds. The van der Waals surface area contributed by atoms with Gasteiger partial charge in [0.15, 0.2) is 4.90 Å². The number of halogens is 1. The van der Waals surface area contributed by atoms with Crippen LogP contribution < -0.4 is 10.3 Å². The second-order valence-corrected chi connectivity index (χ2v) is 11.5. The summed E-state index contributed by atoms with van der Waals surface area (Å²) in [4.78, 5) is 34.9. The summed E-state index contributed by atoms with van der Waals surface area (Å²) in [5.74, 6) is -0.583. The van der Waals surface area contributed by atoms with Crippen molar-refractivity contribution in [1.82, 2.24) is 19.3 Å². The van der Waals surface area contributed by atoms with Crippen molar-refractivity contribution in [3.05, 3.63) is 129 Å². The third-order valence-corrected chi connectivity index (χ3v) is 8.57. The first-order valence-corrected chi connectivity index (χ1v) is 14.5. The van der Waals surface area contributed by atoms with Crippen LogP contribution in [0.5, 0.6) is 0 Å². The Labute approximate surface area is 244 Å². The van der Waals surface area contributed by atoms with Crippen LogP contribution >= 0.6 is 11.6 Å². The van der Waals surface area contributed by atoms with Crippen LogP contribution in [-0.4, -0.2) is 25.0 Å². The lowest BCUT2D eigenvalue weighted by molar-refractivity contribution is 0.0973. The van der Waals surface area contributed by atoms with Crippen LogP contribution in [0.4, 0.5) is 0 Å². The average Bonchev–Trinajstić information content (AvgIpc) is 3.28. The lowest BCUT2D eigenvalue weighted by atomic mass is 10.0. The van der Waals surface area contributed by atoms with Gasteiger partial charge in [0.1, 0.15) is 17.1 Å². The number of fused-ring (bicyclic) bond motifs is 2. The van der Waals surface area contributed by atoms with Crippen LogP contribution in [0.2, 0.25) is 5.02 Å². The molecule has 0 aliphatic heterocycles. The van der Waals surface area contributed by atoms with Gasteiger partial charge in [-0.25, -0.2) is 0 Å². The second-order valence-electron chi connectivity index (χ2n) is 9.87. The molecule has 7 nitrogen and oxygen atoms in total. The summed E-state index contributed by atoms with van der Waals surface area (Å²) >= 11 is 5.04. The van der Waals surface area contributed by atoms with E-state index in [4.69, 9.17) is 11.6 Å². The molecule has 41 heavy (non-hydrogen) atoms. The number of aromatic nitrogens is 3. The van der Waals surface area contributed by atoms with E-state index in [-0.39, 0.29) is 17.8 Å². The fourth-order valence-corrected chi connectivity index (χ4v) is 6.08. The van der Waals surface area contributed by atoms with E-state index in [0.717, 1.165) is 32.9 Å². The maximum atomic E-state index is 14.1. The molecule has 0 spiro atoms. The molecule has 0 aliphatic carbocycles. The standard InChI is InChI=1S/C32H25ClN4O3S/c1-19-9-12-22(13-10-19)41(40)36-32(39)30-28(24-7-5-15-34-31(24)38)25-16-20(2)11-14-27(25)37(30)18-21-17-35-26-8-4-3-6-23(26)29(21)33/h3-17H,18H2,1-2H3,(H,34,38)(H,36,39). The summed E-state index contributed by atoms with van der Waals surface area (Å²) in [6.45, 7) is 4.08. The highest BCUT2D eigenvalue weighted by Gasteiger charge is 2.29. The molecule has 0 saturated heterocycles. The molecule has 3 aromatic carbocycles. The normalized spacial score (nSPS) is 12.1. The number of aryl methyl sites for hydroxylation is 2. The topological polar surface area (TPSA) is 103 Å². The van der Waals surface area contributed by atoms with E-state index >= 15 is 0 Å². The zero-order valence-electron chi connectivity index (χ0n) is 22.3. The molecule has 0 fully saturated rings. The van der Waals surface area contributed by atoms with E-state index in [0.29, 0.717) is 26.6 Å². The van der Waals surface area contributed by atoms with Crippen molar-refractivity contribution in [2.75, 3.05) is 0 Å². The molecule has 6 rings (SSSR count). The first kappa shape index (κ1) is 26.8. The monoisotopic (exact) mass is 580 g/mol. The van der Waals surface area contributed by atoms with Gasteiger partial charge >= 0.3 is 5.91 Å². The van der Waals surface area contributed by atoms with Crippen molar-refractivity contribution >= 4 is 50.7 Å². The van der Waals surface area contributed by atoms with Gasteiger partial charge in [0.25, 0.3) is 5.56 Å². The number of carbonyl (C=O) groups is 1. The van der Waals surface area contributed by atoms with E-state index in [1.807, 2.05) is 73.0 Å². The minimum absolute atomic E-state index is 0.195. The predicted octanol–water partition coefficient (Wildman–Crippen LogP) is 6.32. The Hall–Kier alpha value is -4.37. The summed E-state index contributed by atoms with van der Waals surface area (Å²) in [6, 6.07) is 23.9. The van der Waals surface area contributed by atoms with Gasteiger partial charge in [-0.2, -0.15) is 4.72 Å². The second kappa shape index (κ2) is 10.9. The van der Waals surface area contributed by atoms with Crippen LogP contribution in [0.25, 0.3) is 32.9 Å². The number of benzene rings is 3. The number of amides is 1. The quantitative estimate of drug-likeness (QED) is 0.225. The minimum Gasteiger partial charge on any atom is -0.588 e. The lowest BCUT2D eigenvalue weighted by Crippen LogP contribution is -2.33. The molecular weight excluding hydrogens is 556 g/mol. The van der Waals surface area contributed by atoms with E-state index in [9.17, 15) is 14.1 Å². The third-order valence-electron chi connectivity index (χ3n) is 7.05. The molecule has 204 valence electrons. The first-order valence-electron chi connectivity index (χ1n) is 12.9. The van der Waals surface area contributed by atoms with Gasteiger partial charge in [0.2, 0.25) is 0 Å². The zero-order valence-corrected chi connectivity index (χ0v) is 23.8. The highest BCUT2D eigenvalue weighted by molar-refractivity contribution is 7.90. The van der Waals surface area contributed by atoms with Crippen LogP contribution in [0.1, 0.15) is 27.2 Å². The van der Waals surface area contributed by atoms with Crippen molar-refractivity contribution < 1.29 is 9.35 Å². The van der Waals surface area contributed by atoms with Gasteiger partial charge in [-0.05, 0) is 56.3 Å². The Kier molecular flexibility index (Phi) is 7.13. The van der Waals surface area contributed by atoms with Crippen molar-refractivity contribution in [2.24, 2.45) is 0 Å². The number of rotatable bonds is 6. The molecule has 1 atom stereocenters. The number of H-pyrrole nitrogens is 1. The molecule has 3 aromatic heterocycles. The smallest absolute Gasteiger partial charge is 0.309 e. The molecule has 9 heteroatoms. The fourth-order valence-electron chi connectivity index (χ4n) is 5.04. The lowest BCUT2D eigenvalue weighted by Gasteiger charge is -2.15. The molecule has 0 aliphatic rings. The molecule has 1 unspecified atom stereocenters. The number of nitrogens with zero attached hydrogens (tertiary/aromatic N) is 2. The molecule has 6 aromatic rings. The Bertz CT molecular complexity index is 2000. The number of pyridine rings is 2. The van der Waals surface area contributed by atoms with E-state index in [2.05, 4.69) is 14.7 Å². The molecular formula is C32H25ClN4O3S. The number of aromatic amines is 1. The van der Waals surface area contributed by atoms with Crippen molar-refractivity contribution in [3.8, 4) is 11.1 Å². The summed E-state index contributed by atoms with van der Waals surface area (Å²) < 4.78 is 17.7. The molecule has 2 N–H and O–H groups in total. The third kappa shape index (κ3) is 5.02. The van der Waals surface area contributed by atoms with E-state index < -0.39 is 17.3 Å². The highest BCUT2D eigenvalue weighted by Crippen LogP contribution is 2.36. The number of nitrogens with one attached hydrogen (secondary N) is 2. The van der Waals surface area contributed by atoms with E-state index in [1.165, 1.54) is 0 Å². The van der Waals surface area contributed by atoms with Crippen LogP contribution in [0.15, 0.2) is 101 Å². The number of hydrogen-bond acceptors (Lipinski definition) is 4. The fraction of sp³-hybridized carbons (Fsp3) is 0.0938. The van der Waals surface area contributed by atoms with Crippen molar-refractivity contribution in [1.29, 1.82) is 0 Å². The Morgan fingerprint density at radius 2 is 1.76 bits per heavy atom. The highest BCUT2D eigenvalue weighted by atomic mass is 35.5. The SMILES string of the molecule is Cc1ccc([S+]([O-])NC(=O)c2c(-c3ccc[nH]c3=O)c3cc(C)ccc3n2Cc2cnc3ccccc3c2Cl)cc1. The zero-order chi connectivity index (χ0) is 28.7. The van der Waals surface area contributed by atoms with Gasteiger partial charge in [-0.1, -0.05) is 59.1 Å². The predicted molar refractivity (Wildman–Crippen MR) is 164 cm³/mol. The van der Waals surface area contributed by atoms with E-state index in [1.54, 1.807) is 36.7 Å². The maximum absolute atomic E-state index is 14.1. The first-order chi connectivity index (χ1) is 19.8. The number of hydrogen-bond donors (Lipinski definition) is 2. The summed E-state index contributed by atoms with van der Waals surface area (Å²) in [5.41, 5.74) is 4.80. The largest absolute Gasteiger partial charge is 0.588 e. The van der Waals surface area contributed by atoms with Crippen molar-refractivity contribution in [3.63, 3.8) is 0 Å². The van der Waals surface area contributed by atoms with Crippen LogP contribution in [-0.2, 0) is 17.9 Å². The minimum atomic E-state index is -1.83. The Morgan fingerprint density at radius 1 is 1.00 bits per heavy atom. The number of carbonyl (C=O) groups excluding carboxylic acids is 1. The number of para-hydroxylation sites is 1. The van der Waals surface area contributed by atoms with Crippen LogP contribution in [0, 0.1) is 13.8 Å². The van der Waals surface area contributed by atoms with Gasteiger partial charge in [-0.3, -0.25) is 14.6 Å². The summed E-state index contributed by atoms with van der Waals surface area (Å²) in [6.07, 6.45) is 3.24. The molecule has 3 heterocycles. The summed E-state index contributed by atoms with van der Waals surface area (Å²) in [7, 11) is 0. The Morgan fingerprint density at radius 3 is 2.54 bits per heavy atom. The van der Waals surface area contributed by atoms with Gasteiger partial charge < -0.3 is 14.1 Å². The van der Waals surface area contributed by atoms with Gasteiger partial charge in [-0.15, -0.1) is 0 Å². The van der Waals surface area contributed by atoms with Crippen LogP contribution in [0.3, 0.4) is 0 Å². The molecule has 0 bridgehead atoms.